The van der Waals surface area contributed by atoms with E-state index in [0.717, 1.165) is 4.90 Å². The Labute approximate surface area is 96.0 Å². The molecule has 1 radical (unpaired) electrons. The number of hydrogen-bond acceptors (Lipinski definition) is 1. The Morgan fingerprint density at radius 2 is 1.56 bits per heavy atom. The van der Waals surface area contributed by atoms with Gasteiger partial charge in [-0.05, 0) is 0 Å². The second kappa shape index (κ2) is 4.60. The maximum absolute atomic E-state index is 7.06. The predicted octanol–water partition coefficient (Wildman–Crippen LogP) is 2.66. The maximum Gasteiger partial charge on any atom is 0.00390 e. The minimum absolute atomic E-state index is 0. The molecule has 0 bridgehead atoms. The monoisotopic (exact) mass is 351 g/mol. The Hall–Kier alpha value is 0.812. The molecule has 9 heavy (non-hydrogen) atoms. The summed E-state index contributed by atoms with van der Waals surface area (Å²) in [7, 11) is 0. The summed E-state index contributed by atoms with van der Waals surface area (Å²) in [6.45, 7) is 0. The SMILES string of the molecule is [Ac].[NH-]c1ccc(S)cc1. The third-order valence-corrected chi connectivity index (χ3v) is 1.17. The van der Waals surface area contributed by atoms with Crippen LogP contribution in [0.2, 0.25) is 0 Å². The molecular formula is C6H6AcNS-. The Balaban J connectivity index is 0.000000640. The molecule has 1 nitrogen and oxygen atoms in total. The zero-order valence-electron chi connectivity index (χ0n) is 4.83. The Morgan fingerprint density at radius 3 is 1.89 bits per heavy atom. The summed E-state index contributed by atoms with van der Waals surface area (Å²) < 4.78 is 0. The summed E-state index contributed by atoms with van der Waals surface area (Å²) in [6.07, 6.45) is 0. The molecule has 3 heteroatoms. The Kier molecular flexibility index (Phi) is 5.01. The number of hydrogen-bond donors (Lipinski definition) is 1. The fourth-order valence-corrected chi connectivity index (χ4v) is 0.611. The molecule has 0 heterocycles. The first-order valence-electron chi connectivity index (χ1n) is 2.29. The van der Waals surface area contributed by atoms with Crippen LogP contribution >= 0.6 is 12.6 Å². The van der Waals surface area contributed by atoms with Crippen LogP contribution in [-0.2, 0) is 0 Å². The minimum Gasteiger partial charge on any atom is -0.699 e. The molecule has 1 aromatic carbocycles. The van der Waals surface area contributed by atoms with Crippen molar-refractivity contribution < 1.29 is 44.1 Å². The molecule has 0 atom stereocenters. The molecule has 1 N–H and O–H groups in total. The van der Waals surface area contributed by atoms with Crippen molar-refractivity contribution in [2.75, 3.05) is 0 Å². The van der Waals surface area contributed by atoms with E-state index >= 15 is 0 Å². The van der Waals surface area contributed by atoms with Gasteiger partial charge in [-0.2, -0.15) is 0 Å². The van der Waals surface area contributed by atoms with Crippen LogP contribution in [0.15, 0.2) is 29.2 Å². The van der Waals surface area contributed by atoms with Gasteiger partial charge in [0.1, 0.15) is 0 Å². The summed E-state index contributed by atoms with van der Waals surface area (Å²) in [5.41, 5.74) is 7.59. The number of nitrogens with one attached hydrogen (secondary N) is 1. The largest absolute Gasteiger partial charge is 0.699 e. The molecule has 0 aliphatic heterocycles. The van der Waals surface area contributed by atoms with Crippen LogP contribution in [0.1, 0.15) is 0 Å². The number of rotatable bonds is 0. The maximum atomic E-state index is 7.06. The van der Waals surface area contributed by atoms with Gasteiger partial charge in [0, 0.05) is 49.0 Å². The minimum atomic E-state index is 0. The van der Waals surface area contributed by atoms with Crippen molar-refractivity contribution >= 4 is 18.3 Å². The van der Waals surface area contributed by atoms with Gasteiger partial charge in [0.15, 0.2) is 0 Å². The zero-order valence-corrected chi connectivity index (χ0v) is 10.5. The van der Waals surface area contributed by atoms with Crippen LogP contribution in [0.4, 0.5) is 5.69 Å². The number of thiol groups is 1. The standard InChI is InChI=1S/C6H6NS.Ac/c7-5-1-3-6(8)4-2-5;/h1-4,7-8H;/q-1;. The van der Waals surface area contributed by atoms with Gasteiger partial charge in [-0.15, -0.1) is 18.3 Å². The van der Waals surface area contributed by atoms with E-state index in [4.69, 9.17) is 5.73 Å². The first kappa shape index (κ1) is 9.81. The van der Waals surface area contributed by atoms with Crippen molar-refractivity contribution in [3.05, 3.63) is 30.0 Å². The first-order valence-corrected chi connectivity index (χ1v) is 2.74. The van der Waals surface area contributed by atoms with Gasteiger partial charge in [0.25, 0.3) is 0 Å². The van der Waals surface area contributed by atoms with Gasteiger partial charge in [-0.3, -0.25) is 0 Å². The van der Waals surface area contributed by atoms with Crippen molar-refractivity contribution in [1.29, 1.82) is 0 Å². The topological polar surface area (TPSA) is 23.8 Å². The molecule has 0 saturated carbocycles. The number of benzene rings is 1. The van der Waals surface area contributed by atoms with Crippen LogP contribution in [0.25, 0.3) is 5.73 Å². The van der Waals surface area contributed by atoms with E-state index in [2.05, 4.69) is 12.6 Å². The quantitative estimate of drug-likeness (QED) is 0.695. The normalized spacial score (nSPS) is 8.11. The van der Waals surface area contributed by atoms with E-state index in [-0.39, 0.29) is 44.1 Å². The molecule has 0 aromatic heterocycles. The molecular weight excluding hydrogens is 345 g/mol. The van der Waals surface area contributed by atoms with Gasteiger partial charge >= 0.3 is 0 Å². The molecule has 0 spiro atoms. The summed E-state index contributed by atoms with van der Waals surface area (Å²) >= 11 is 4.05. The van der Waals surface area contributed by atoms with E-state index in [1.54, 1.807) is 24.3 Å². The van der Waals surface area contributed by atoms with Gasteiger partial charge in [-0.25, -0.2) is 0 Å². The molecule has 1 rings (SSSR count). The van der Waals surface area contributed by atoms with Gasteiger partial charge in [0.05, 0.1) is 0 Å². The van der Waals surface area contributed by atoms with Crippen LogP contribution in [0.5, 0.6) is 0 Å². The third kappa shape index (κ3) is 3.50. The molecule has 45 valence electrons. The van der Waals surface area contributed by atoms with Crippen molar-refractivity contribution in [3.63, 3.8) is 0 Å². The van der Waals surface area contributed by atoms with E-state index in [1.807, 2.05) is 0 Å². The second-order valence-corrected chi connectivity index (χ2v) is 2.06. The second-order valence-electron chi connectivity index (χ2n) is 1.55. The summed E-state index contributed by atoms with van der Waals surface area (Å²) in [5.74, 6) is 0. The Bertz CT molecular complexity index is 152. The van der Waals surface area contributed by atoms with E-state index in [1.165, 1.54) is 0 Å². The van der Waals surface area contributed by atoms with Crippen LogP contribution < -0.4 is 0 Å². The average Bonchev–Trinajstić information content (AvgIpc) is 1.77. The fraction of sp³-hybridized carbons (Fsp3) is 0. The third-order valence-electron chi connectivity index (χ3n) is 0.867. The summed E-state index contributed by atoms with van der Waals surface area (Å²) in [5, 5.41) is 0. The molecule has 0 unspecified atom stereocenters. The Morgan fingerprint density at radius 1 is 1.11 bits per heavy atom. The summed E-state index contributed by atoms with van der Waals surface area (Å²) in [6, 6.07) is 7.02. The fourth-order valence-electron chi connectivity index (χ4n) is 0.461. The van der Waals surface area contributed by atoms with Crippen LogP contribution in [0.3, 0.4) is 0 Å². The average molecular weight is 351 g/mol. The summed E-state index contributed by atoms with van der Waals surface area (Å²) in [4.78, 5) is 0.904. The molecule has 0 fully saturated rings. The van der Waals surface area contributed by atoms with Crippen molar-refractivity contribution in [2.24, 2.45) is 0 Å². The van der Waals surface area contributed by atoms with Crippen molar-refractivity contribution in [2.45, 2.75) is 4.90 Å². The van der Waals surface area contributed by atoms with Gasteiger partial charge < -0.3 is 5.73 Å². The van der Waals surface area contributed by atoms with Gasteiger partial charge in [0.2, 0.25) is 0 Å². The van der Waals surface area contributed by atoms with Crippen LogP contribution in [0, 0.1) is 44.1 Å². The van der Waals surface area contributed by atoms with Crippen LogP contribution in [-0.4, -0.2) is 0 Å². The molecule has 0 aliphatic rings. The molecule has 0 aliphatic carbocycles. The predicted molar refractivity (Wildman–Crippen MR) is 37.7 cm³/mol. The molecule has 0 saturated heterocycles. The van der Waals surface area contributed by atoms with E-state index in [9.17, 15) is 0 Å². The zero-order chi connectivity index (χ0) is 5.98. The van der Waals surface area contributed by atoms with E-state index < -0.39 is 0 Å². The molecule has 0 amide bonds. The van der Waals surface area contributed by atoms with E-state index in [0.29, 0.717) is 5.69 Å². The first-order chi connectivity index (χ1) is 3.79. The van der Waals surface area contributed by atoms with Gasteiger partial charge in [-0.1, -0.05) is 24.3 Å². The van der Waals surface area contributed by atoms with Crippen molar-refractivity contribution in [3.8, 4) is 0 Å². The smallest absolute Gasteiger partial charge is 0.00390 e. The molecule has 1 aromatic rings. The van der Waals surface area contributed by atoms with Crippen molar-refractivity contribution in [1.82, 2.24) is 0 Å².